The second-order valence-electron chi connectivity index (χ2n) is 13.5. The number of para-hydroxylation sites is 4. The summed E-state index contributed by atoms with van der Waals surface area (Å²) in [6.07, 6.45) is 0. The molecule has 5 nitrogen and oxygen atoms in total. The summed E-state index contributed by atoms with van der Waals surface area (Å²) in [5.74, 6) is 0. The third kappa shape index (κ3) is 3.99. The van der Waals surface area contributed by atoms with Gasteiger partial charge in [-0.3, -0.25) is 0 Å². The maximum atomic E-state index is 10.6. The maximum Gasteiger partial charge on any atom is 0.212 e. The highest BCUT2D eigenvalue weighted by molar-refractivity contribution is 6.22. The van der Waals surface area contributed by atoms with Crippen LogP contribution in [0.5, 0.6) is 0 Å². The van der Waals surface area contributed by atoms with Crippen LogP contribution in [-0.4, -0.2) is 13.7 Å². The Bertz CT molecular complexity index is 3320. The van der Waals surface area contributed by atoms with Gasteiger partial charge in [0.2, 0.25) is 5.69 Å². The van der Waals surface area contributed by atoms with Crippen LogP contribution in [0.1, 0.15) is 5.56 Å². The number of fused-ring (bicyclic) bond motifs is 11. The molecule has 3 heterocycles. The fourth-order valence-electron chi connectivity index (χ4n) is 8.67. The molecule has 0 amide bonds. The van der Waals surface area contributed by atoms with Gasteiger partial charge in [-0.05, 0) is 71.4 Å². The number of rotatable bonds is 3. The number of nitrogens with zero attached hydrogens (tertiary/aromatic N) is 5. The van der Waals surface area contributed by atoms with E-state index in [9.17, 15) is 5.26 Å². The van der Waals surface area contributed by atoms with E-state index in [0.29, 0.717) is 11.3 Å². The molecule has 5 heteroatoms. The van der Waals surface area contributed by atoms with Crippen LogP contribution in [0, 0.1) is 17.9 Å². The van der Waals surface area contributed by atoms with Gasteiger partial charge in [-0.1, -0.05) is 103 Å². The average Bonchev–Trinajstić information content (AvgIpc) is 3.86. The topological polar surface area (TPSA) is 42.9 Å². The van der Waals surface area contributed by atoms with Gasteiger partial charge in [-0.25, -0.2) is 4.85 Å². The van der Waals surface area contributed by atoms with Crippen LogP contribution in [0.4, 0.5) is 5.69 Å². The highest BCUT2D eigenvalue weighted by atomic mass is 15.0. The minimum absolute atomic E-state index is 0.421. The SMILES string of the molecule is [C-]#[N+]c1cc(C#N)c(-n2c3ccccc3c3ccccc32)cc1-n1c2ccc(-n3c4ccccc4c4ccccc43)cc2c2c3ccccc3ccc21. The van der Waals surface area contributed by atoms with Crippen molar-refractivity contribution in [1.29, 1.82) is 5.26 Å². The van der Waals surface area contributed by atoms with Crippen molar-refractivity contribution in [3.05, 3.63) is 181 Å². The Hall–Kier alpha value is -7.60. The molecule has 0 aliphatic rings. The first kappa shape index (κ1) is 29.2. The van der Waals surface area contributed by atoms with Crippen LogP contribution < -0.4 is 0 Å². The molecule has 11 rings (SSSR count). The largest absolute Gasteiger partial charge is 0.319 e. The number of nitriles is 1. The second kappa shape index (κ2) is 10.9. The molecule has 53 heavy (non-hydrogen) atoms. The summed E-state index contributed by atoms with van der Waals surface area (Å²) in [7, 11) is 0. The maximum absolute atomic E-state index is 10.6. The summed E-state index contributed by atoms with van der Waals surface area (Å²) < 4.78 is 6.74. The van der Waals surface area contributed by atoms with Gasteiger partial charge in [0.1, 0.15) is 0 Å². The Labute approximate surface area is 303 Å². The van der Waals surface area contributed by atoms with E-state index < -0.39 is 0 Å². The van der Waals surface area contributed by atoms with Crippen molar-refractivity contribution < 1.29 is 0 Å². The zero-order valence-electron chi connectivity index (χ0n) is 28.3. The first-order chi connectivity index (χ1) is 26.2. The predicted molar refractivity (Wildman–Crippen MR) is 218 cm³/mol. The molecule has 0 unspecified atom stereocenters. The van der Waals surface area contributed by atoms with Gasteiger partial charge < -0.3 is 13.7 Å². The first-order valence-corrected chi connectivity index (χ1v) is 17.6. The Balaban J connectivity index is 1.26. The van der Waals surface area contributed by atoms with Gasteiger partial charge in [0.05, 0.1) is 62.7 Å². The molecule has 0 aliphatic carbocycles. The lowest BCUT2D eigenvalue weighted by molar-refractivity contribution is 1.13. The average molecular weight is 674 g/mol. The molecule has 244 valence electrons. The van der Waals surface area contributed by atoms with E-state index in [1.807, 2.05) is 30.3 Å². The zero-order valence-corrected chi connectivity index (χ0v) is 28.3. The fraction of sp³-hybridized carbons (Fsp3) is 0. The molecule has 0 radical (unpaired) electrons. The fourth-order valence-corrected chi connectivity index (χ4v) is 8.67. The van der Waals surface area contributed by atoms with E-state index in [-0.39, 0.29) is 0 Å². The monoisotopic (exact) mass is 673 g/mol. The number of hydrogen-bond acceptors (Lipinski definition) is 1. The number of hydrogen-bond donors (Lipinski definition) is 0. The van der Waals surface area contributed by atoms with Crippen molar-refractivity contribution in [3.8, 4) is 23.1 Å². The number of benzene rings is 8. The van der Waals surface area contributed by atoms with Gasteiger partial charge in [0, 0.05) is 38.0 Å². The third-order valence-corrected chi connectivity index (χ3v) is 10.9. The van der Waals surface area contributed by atoms with Gasteiger partial charge in [0.25, 0.3) is 0 Å². The van der Waals surface area contributed by atoms with Crippen molar-refractivity contribution in [2.45, 2.75) is 0 Å². The summed E-state index contributed by atoms with van der Waals surface area (Å²) in [6.45, 7) is 8.39. The minimum Gasteiger partial charge on any atom is -0.319 e. The minimum atomic E-state index is 0.421. The molecule has 0 N–H and O–H groups in total. The van der Waals surface area contributed by atoms with Crippen molar-refractivity contribution in [1.82, 2.24) is 13.7 Å². The van der Waals surface area contributed by atoms with E-state index in [1.165, 1.54) is 10.8 Å². The van der Waals surface area contributed by atoms with Crippen LogP contribution >= 0.6 is 0 Å². The molecule has 0 spiro atoms. The molecule has 3 aromatic heterocycles. The van der Waals surface area contributed by atoms with E-state index in [0.717, 1.165) is 82.5 Å². The third-order valence-electron chi connectivity index (χ3n) is 10.9. The summed E-state index contributed by atoms with van der Waals surface area (Å²) in [5.41, 5.74) is 9.73. The van der Waals surface area contributed by atoms with Gasteiger partial charge in [0.15, 0.2) is 0 Å². The molecule has 0 bridgehead atoms. The Morgan fingerprint density at radius 3 is 1.51 bits per heavy atom. The molecule has 0 atom stereocenters. The molecule has 8 aromatic carbocycles. The quantitative estimate of drug-likeness (QED) is 0.172. The Morgan fingerprint density at radius 2 is 0.925 bits per heavy atom. The Morgan fingerprint density at radius 1 is 0.434 bits per heavy atom. The molecule has 0 saturated heterocycles. The second-order valence-corrected chi connectivity index (χ2v) is 13.5. The van der Waals surface area contributed by atoms with Crippen LogP contribution in [0.25, 0.3) is 98.1 Å². The summed E-state index contributed by atoms with van der Waals surface area (Å²) in [6, 6.07) is 59.5. The molecule has 0 aliphatic heterocycles. The van der Waals surface area contributed by atoms with E-state index in [2.05, 4.69) is 152 Å². The Kier molecular flexibility index (Phi) is 6.02. The van der Waals surface area contributed by atoms with Crippen molar-refractivity contribution in [3.63, 3.8) is 0 Å². The van der Waals surface area contributed by atoms with Crippen molar-refractivity contribution in [2.75, 3.05) is 0 Å². The normalized spacial score (nSPS) is 11.7. The summed E-state index contributed by atoms with van der Waals surface area (Å²) in [5, 5.41) is 19.7. The van der Waals surface area contributed by atoms with Crippen molar-refractivity contribution in [2.24, 2.45) is 0 Å². The van der Waals surface area contributed by atoms with Gasteiger partial charge in [-0.15, -0.1) is 0 Å². The lowest BCUT2D eigenvalue weighted by Gasteiger charge is -2.16. The number of aromatic nitrogens is 3. The van der Waals surface area contributed by atoms with Crippen LogP contribution in [-0.2, 0) is 0 Å². The summed E-state index contributed by atoms with van der Waals surface area (Å²) >= 11 is 0. The van der Waals surface area contributed by atoms with E-state index in [1.54, 1.807) is 6.07 Å². The predicted octanol–water partition coefficient (Wildman–Crippen LogP) is 12.6. The molecule has 11 aromatic rings. The van der Waals surface area contributed by atoms with Crippen LogP contribution in [0.2, 0.25) is 0 Å². The molecular formula is C48H27N5. The molecule has 0 fully saturated rings. The van der Waals surface area contributed by atoms with Gasteiger partial charge >= 0.3 is 0 Å². The lowest BCUT2D eigenvalue weighted by Crippen LogP contribution is -2.02. The smallest absolute Gasteiger partial charge is 0.212 e. The zero-order chi connectivity index (χ0) is 35.2. The van der Waals surface area contributed by atoms with Crippen LogP contribution in [0.15, 0.2) is 164 Å². The first-order valence-electron chi connectivity index (χ1n) is 17.6. The van der Waals surface area contributed by atoms with E-state index >= 15 is 0 Å². The molecule has 0 saturated carbocycles. The standard InChI is InChI=1S/C48H27N5/c1-50-39-26-31(29-49)46(52-42-20-10-6-16-36(42)37-17-7-11-21-43(37)52)28-47(39)53-44-25-23-32(27-38(44)48-33-13-3-2-12-30(33)22-24-45(48)53)51-40-18-8-4-14-34(40)35-15-5-9-19-41(35)51/h2-28H. The van der Waals surface area contributed by atoms with Crippen LogP contribution in [0.3, 0.4) is 0 Å². The van der Waals surface area contributed by atoms with E-state index in [4.69, 9.17) is 6.57 Å². The lowest BCUT2D eigenvalue weighted by atomic mass is 10.0. The van der Waals surface area contributed by atoms with Crippen molar-refractivity contribution >= 4 is 81.9 Å². The summed E-state index contributed by atoms with van der Waals surface area (Å²) in [4.78, 5) is 4.05. The molecular weight excluding hydrogens is 647 g/mol. The highest BCUT2D eigenvalue weighted by Gasteiger charge is 2.22. The highest BCUT2D eigenvalue weighted by Crippen LogP contribution is 2.43. The van der Waals surface area contributed by atoms with Gasteiger partial charge in [-0.2, -0.15) is 5.26 Å².